The number of benzene rings is 2. The Hall–Kier alpha value is -3.68. The summed E-state index contributed by atoms with van der Waals surface area (Å²) in [5, 5.41) is 7.19. The molecule has 1 aliphatic rings. The molecule has 1 aromatic heterocycles. The van der Waals surface area contributed by atoms with Crippen molar-refractivity contribution < 1.29 is 18.7 Å². The van der Waals surface area contributed by atoms with Crippen molar-refractivity contribution in [2.45, 2.75) is 44.4 Å². The Balaban J connectivity index is 1.61. The number of amides is 2. The van der Waals surface area contributed by atoms with Crippen molar-refractivity contribution >= 4 is 11.8 Å². The third kappa shape index (κ3) is 5.21. The smallest absolute Gasteiger partial charge is 0.261 e. The molecule has 7 nitrogen and oxygen atoms in total. The van der Waals surface area contributed by atoms with Gasteiger partial charge in [-0.15, -0.1) is 5.10 Å². The van der Waals surface area contributed by atoms with Gasteiger partial charge in [-0.05, 0) is 22.6 Å². The second-order valence-corrected chi connectivity index (χ2v) is 9.21. The molecule has 3 atom stereocenters. The van der Waals surface area contributed by atoms with Crippen molar-refractivity contribution in [3.63, 3.8) is 0 Å². The average molecular weight is 479 g/mol. The molecule has 184 valence electrons. The lowest BCUT2D eigenvalue weighted by molar-refractivity contribution is -0.125. The molecule has 1 saturated heterocycles. The van der Waals surface area contributed by atoms with E-state index in [2.05, 4.69) is 36.4 Å². The molecule has 4 rings (SSSR count). The topological polar surface area (TPSA) is 76.5 Å². The number of methoxy groups -OCH3 is 1. The maximum absolute atomic E-state index is 14.5. The van der Waals surface area contributed by atoms with Gasteiger partial charge in [-0.2, -0.15) is 0 Å². The predicted molar refractivity (Wildman–Crippen MR) is 131 cm³/mol. The van der Waals surface area contributed by atoms with Crippen LogP contribution in [-0.4, -0.2) is 52.4 Å². The number of carbonyl (C=O) groups excluding carboxylic acids is 2. The monoisotopic (exact) mass is 478 g/mol. The number of aryl methyl sites for hydroxylation is 1. The number of hydrogen-bond donors (Lipinski definition) is 1. The highest BCUT2D eigenvalue weighted by atomic mass is 19.1. The van der Waals surface area contributed by atoms with E-state index in [1.54, 1.807) is 7.05 Å². The van der Waals surface area contributed by atoms with Crippen LogP contribution in [-0.2, 0) is 11.8 Å². The molecular weight excluding hydrogens is 447 g/mol. The Morgan fingerprint density at radius 1 is 1.06 bits per heavy atom. The Kier molecular flexibility index (Phi) is 7.19. The summed E-state index contributed by atoms with van der Waals surface area (Å²) in [6, 6.07) is 16.4. The van der Waals surface area contributed by atoms with E-state index in [1.807, 2.05) is 42.5 Å². The summed E-state index contributed by atoms with van der Waals surface area (Å²) in [7, 11) is 3.08. The van der Waals surface area contributed by atoms with E-state index in [1.165, 1.54) is 28.5 Å². The molecule has 1 N–H and O–H groups in total. The number of halogens is 1. The van der Waals surface area contributed by atoms with Crippen LogP contribution in [0.25, 0.3) is 0 Å². The van der Waals surface area contributed by atoms with Gasteiger partial charge in [0.25, 0.3) is 5.91 Å². The predicted octanol–water partition coefficient (Wildman–Crippen LogP) is 4.01. The summed E-state index contributed by atoms with van der Waals surface area (Å²) in [5.74, 6) is -0.347. The van der Waals surface area contributed by atoms with Crippen LogP contribution in [0, 0.1) is 0 Å². The SMILES string of the molecule is COc1nn(C)cc1C(=O)N1C[C@H](F)C[C@H]1C(=O)N[C@@H](c1ccccc1)c1ccc(C(C)C)cc1. The minimum absolute atomic E-state index is 0.0616. The molecular formula is C27H31FN4O3. The lowest BCUT2D eigenvalue weighted by Crippen LogP contribution is -2.47. The molecule has 3 aromatic rings. The fraction of sp³-hybridized carbons (Fsp3) is 0.370. The molecule has 1 aliphatic heterocycles. The standard InChI is InChI=1S/C27H31FN4O3/c1-17(2)18-10-12-20(13-11-18)24(19-8-6-5-7-9-19)29-25(33)23-14-21(28)15-32(23)27(34)22-16-31(3)30-26(22)35-4/h5-13,16-17,21,23-24H,14-15H2,1-4H3,(H,29,33)/t21-,23+,24+/m1/s1. The number of hydrogen-bond acceptors (Lipinski definition) is 4. The number of ether oxygens (including phenoxy) is 1. The van der Waals surface area contributed by atoms with E-state index in [0.29, 0.717) is 5.92 Å². The molecule has 0 aliphatic carbocycles. The van der Waals surface area contributed by atoms with Crippen molar-refractivity contribution in [1.82, 2.24) is 20.0 Å². The lowest BCUT2D eigenvalue weighted by Gasteiger charge is -2.27. The summed E-state index contributed by atoms with van der Waals surface area (Å²) in [6.07, 6.45) is 0.163. The molecule has 0 spiro atoms. The van der Waals surface area contributed by atoms with Gasteiger partial charge in [0.05, 0.1) is 19.7 Å². The second kappa shape index (κ2) is 10.3. The first kappa shape index (κ1) is 24.4. The number of alkyl halides is 1. The van der Waals surface area contributed by atoms with Crippen LogP contribution in [0.2, 0.25) is 0 Å². The summed E-state index contributed by atoms with van der Waals surface area (Å²) < 4.78 is 21.2. The molecule has 0 unspecified atom stereocenters. The van der Waals surface area contributed by atoms with Crippen molar-refractivity contribution in [3.05, 3.63) is 83.0 Å². The van der Waals surface area contributed by atoms with Gasteiger partial charge in [0, 0.05) is 19.7 Å². The zero-order chi connectivity index (χ0) is 25.1. The molecule has 1 fully saturated rings. The summed E-state index contributed by atoms with van der Waals surface area (Å²) in [6.45, 7) is 4.09. The highest BCUT2D eigenvalue weighted by Gasteiger charge is 2.42. The summed E-state index contributed by atoms with van der Waals surface area (Å²) in [4.78, 5) is 28.1. The van der Waals surface area contributed by atoms with Gasteiger partial charge >= 0.3 is 0 Å². The first-order chi connectivity index (χ1) is 16.8. The number of nitrogens with one attached hydrogen (secondary N) is 1. The number of carbonyl (C=O) groups is 2. The summed E-state index contributed by atoms with van der Waals surface area (Å²) in [5.41, 5.74) is 3.21. The van der Waals surface area contributed by atoms with E-state index in [-0.39, 0.29) is 24.4 Å². The van der Waals surface area contributed by atoms with Crippen LogP contribution in [0.3, 0.4) is 0 Å². The lowest BCUT2D eigenvalue weighted by atomic mass is 9.95. The summed E-state index contributed by atoms with van der Waals surface area (Å²) >= 11 is 0. The Labute approximate surface area is 204 Å². The first-order valence-corrected chi connectivity index (χ1v) is 11.8. The van der Waals surface area contributed by atoms with Gasteiger partial charge in [0.15, 0.2) is 0 Å². The van der Waals surface area contributed by atoms with Gasteiger partial charge in [-0.1, -0.05) is 68.4 Å². The maximum atomic E-state index is 14.5. The van der Waals surface area contributed by atoms with Crippen molar-refractivity contribution in [2.24, 2.45) is 7.05 Å². The molecule has 0 radical (unpaired) electrons. The van der Waals surface area contributed by atoms with E-state index in [9.17, 15) is 14.0 Å². The van der Waals surface area contributed by atoms with Gasteiger partial charge < -0.3 is 15.0 Å². The third-order valence-electron chi connectivity index (χ3n) is 6.39. The Morgan fingerprint density at radius 3 is 2.31 bits per heavy atom. The second-order valence-electron chi connectivity index (χ2n) is 9.21. The van der Waals surface area contributed by atoms with Crippen LogP contribution in [0.15, 0.2) is 60.8 Å². The molecule has 0 saturated carbocycles. The van der Waals surface area contributed by atoms with Crippen LogP contribution < -0.4 is 10.1 Å². The van der Waals surface area contributed by atoms with E-state index in [4.69, 9.17) is 4.74 Å². The third-order valence-corrected chi connectivity index (χ3v) is 6.39. The largest absolute Gasteiger partial charge is 0.479 e. The quantitative estimate of drug-likeness (QED) is 0.557. The molecule has 8 heteroatoms. The fourth-order valence-electron chi connectivity index (χ4n) is 4.49. The van der Waals surface area contributed by atoms with Gasteiger partial charge in [0.1, 0.15) is 17.8 Å². The minimum atomic E-state index is -1.29. The molecule has 2 amide bonds. The van der Waals surface area contributed by atoms with Crippen LogP contribution >= 0.6 is 0 Å². The van der Waals surface area contributed by atoms with Gasteiger partial charge in [-0.3, -0.25) is 14.3 Å². The Morgan fingerprint density at radius 2 is 1.69 bits per heavy atom. The average Bonchev–Trinajstić information content (AvgIpc) is 3.44. The Bertz CT molecular complexity index is 1180. The normalized spacial score (nSPS) is 18.5. The number of aromatic nitrogens is 2. The molecule has 2 heterocycles. The van der Waals surface area contributed by atoms with E-state index >= 15 is 0 Å². The first-order valence-electron chi connectivity index (χ1n) is 11.8. The molecule has 2 aromatic carbocycles. The zero-order valence-electron chi connectivity index (χ0n) is 20.4. The van der Waals surface area contributed by atoms with Gasteiger partial charge in [-0.25, -0.2) is 4.39 Å². The number of nitrogens with zero attached hydrogens (tertiary/aromatic N) is 3. The van der Waals surface area contributed by atoms with Crippen LogP contribution in [0.4, 0.5) is 4.39 Å². The minimum Gasteiger partial charge on any atom is -0.479 e. The van der Waals surface area contributed by atoms with Crippen molar-refractivity contribution in [3.8, 4) is 5.88 Å². The molecule has 35 heavy (non-hydrogen) atoms. The van der Waals surface area contributed by atoms with Crippen LogP contribution in [0.1, 0.15) is 59.3 Å². The number of likely N-dealkylation sites (tertiary alicyclic amines) is 1. The number of rotatable bonds is 7. The van der Waals surface area contributed by atoms with Gasteiger partial charge in [0.2, 0.25) is 11.8 Å². The fourth-order valence-corrected chi connectivity index (χ4v) is 4.49. The zero-order valence-corrected chi connectivity index (χ0v) is 20.4. The highest BCUT2D eigenvalue weighted by molar-refractivity contribution is 5.99. The van der Waals surface area contributed by atoms with Crippen LogP contribution in [0.5, 0.6) is 5.88 Å². The molecule has 0 bridgehead atoms. The van der Waals surface area contributed by atoms with Crippen molar-refractivity contribution in [2.75, 3.05) is 13.7 Å². The van der Waals surface area contributed by atoms with E-state index in [0.717, 1.165) is 11.1 Å². The highest BCUT2D eigenvalue weighted by Crippen LogP contribution is 2.29. The maximum Gasteiger partial charge on any atom is 0.261 e. The van der Waals surface area contributed by atoms with E-state index < -0.39 is 30.1 Å². The van der Waals surface area contributed by atoms with Crippen molar-refractivity contribution in [1.29, 1.82) is 0 Å².